The Morgan fingerprint density at radius 1 is 1.07 bits per heavy atom. The zero-order valence-electron chi connectivity index (χ0n) is 16.6. The Labute approximate surface area is 170 Å². The molecule has 0 aliphatic carbocycles. The molecule has 0 saturated heterocycles. The molecule has 1 aromatic heterocycles. The van der Waals surface area contributed by atoms with Crippen molar-refractivity contribution in [2.75, 3.05) is 11.1 Å². The van der Waals surface area contributed by atoms with E-state index in [0.717, 1.165) is 29.6 Å². The molecule has 0 radical (unpaired) electrons. The van der Waals surface area contributed by atoms with Crippen LogP contribution in [-0.4, -0.2) is 26.4 Å². The SMILES string of the molecule is Cc1ccc(NC(=O)CSc2nnc(Cc3ccccc3)n2CC(C)C)cc1. The number of benzene rings is 2. The summed E-state index contributed by atoms with van der Waals surface area (Å²) in [5, 5.41) is 12.5. The minimum absolute atomic E-state index is 0.0439. The number of nitrogens with zero attached hydrogens (tertiary/aromatic N) is 3. The number of nitrogens with one attached hydrogen (secondary N) is 1. The van der Waals surface area contributed by atoms with E-state index in [9.17, 15) is 4.79 Å². The van der Waals surface area contributed by atoms with E-state index in [4.69, 9.17) is 0 Å². The molecule has 146 valence electrons. The summed E-state index contributed by atoms with van der Waals surface area (Å²) < 4.78 is 2.14. The van der Waals surface area contributed by atoms with Gasteiger partial charge in [-0.1, -0.05) is 73.6 Å². The molecule has 0 unspecified atom stereocenters. The Kier molecular flexibility index (Phi) is 6.87. The number of aryl methyl sites for hydroxylation is 1. The van der Waals surface area contributed by atoms with Crippen molar-refractivity contribution in [3.63, 3.8) is 0 Å². The molecule has 0 atom stereocenters. The quantitative estimate of drug-likeness (QED) is 0.569. The number of hydrogen-bond acceptors (Lipinski definition) is 4. The van der Waals surface area contributed by atoms with E-state index in [-0.39, 0.29) is 5.91 Å². The van der Waals surface area contributed by atoms with Gasteiger partial charge in [-0.3, -0.25) is 4.79 Å². The minimum atomic E-state index is -0.0439. The van der Waals surface area contributed by atoms with Crippen molar-refractivity contribution in [2.45, 2.75) is 38.9 Å². The second-order valence-electron chi connectivity index (χ2n) is 7.27. The molecule has 0 bridgehead atoms. The first-order valence-corrected chi connectivity index (χ1v) is 10.4. The van der Waals surface area contributed by atoms with Crippen molar-refractivity contribution in [1.29, 1.82) is 0 Å². The lowest BCUT2D eigenvalue weighted by molar-refractivity contribution is -0.113. The van der Waals surface area contributed by atoms with Crippen LogP contribution >= 0.6 is 11.8 Å². The van der Waals surface area contributed by atoms with Gasteiger partial charge in [0.25, 0.3) is 0 Å². The van der Waals surface area contributed by atoms with Crippen LogP contribution < -0.4 is 5.32 Å². The molecule has 3 aromatic rings. The van der Waals surface area contributed by atoms with Gasteiger partial charge in [-0.05, 0) is 30.5 Å². The Morgan fingerprint density at radius 2 is 1.79 bits per heavy atom. The van der Waals surface area contributed by atoms with Gasteiger partial charge >= 0.3 is 0 Å². The number of rotatable bonds is 8. The van der Waals surface area contributed by atoms with Gasteiger partial charge in [0.05, 0.1) is 5.75 Å². The minimum Gasteiger partial charge on any atom is -0.325 e. The number of thioether (sulfide) groups is 1. The number of amides is 1. The van der Waals surface area contributed by atoms with Crippen molar-refractivity contribution < 1.29 is 4.79 Å². The Morgan fingerprint density at radius 3 is 2.46 bits per heavy atom. The second kappa shape index (κ2) is 9.55. The molecular weight excluding hydrogens is 368 g/mol. The molecular formula is C22H26N4OS. The smallest absolute Gasteiger partial charge is 0.234 e. The monoisotopic (exact) mass is 394 g/mol. The lowest BCUT2D eigenvalue weighted by atomic mass is 10.1. The summed E-state index contributed by atoms with van der Waals surface area (Å²) in [7, 11) is 0. The lowest BCUT2D eigenvalue weighted by Gasteiger charge is -2.12. The fourth-order valence-corrected chi connectivity index (χ4v) is 3.61. The van der Waals surface area contributed by atoms with Crippen molar-refractivity contribution in [3.8, 4) is 0 Å². The largest absolute Gasteiger partial charge is 0.325 e. The van der Waals surface area contributed by atoms with Gasteiger partial charge < -0.3 is 9.88 Å². The highest BCUT2D eigenvalue weighted by Crippen LogP contribution is 2.21. The summed E-state index contributed by atoms with van der Waals surface area (Å²) >= 11 is 1.43. The summed E-state index contributed by atoms with van der Waals surface area (Å²) in [5.41, 5.74) is 3.18. The van der Waals surface area contributed by atoms with Crippen molar-refractivity contribution in [2.24, 2.45) is 5.92 Å². The summed E-state index contributed by atoms with van der Waals surface area (Å²) in [6, 6.07) is 18.1. The summed E-state index contributed by atoms with van der Waals surface area (Å²) in [4.78, 5) is 12.3. The molecule has 0 saturated carbocycles. The topological polar surface area (TPSA) is 59.8 Å². The van der Waals surface area contributed by atoms with Crippen LogP contribution in [0.15, 0.2) is 59.8 Å². The van der Waals surface area contributed by atoms with Crippen molar-refractivity contribution in [3.05, 3.63) is 71.5 Å². The molecule has 0 aliphatic heterocycles. The number of carbonyl (C=O) groups excluding carboxylic acids is 1. The Hall–Kier alpha value is -2.60. The van der Waals surface area contributed by atoms with E-state index in [2.05, 4.69) is 46.1 Å². The Balaban J connectivity index is 1.66. The standard InChI is InChI=1S/C22H26N4OS/c1-16(2)14-26-20(13-18-7-5-4-6-8-18)24-25-22(26)28-15-21(27)23-19-11-9-17(3)10-12-19/h4-12,16H,13-15H2,1-3H3,(H,23,27). The third-order valence-corrected chi connectivity index (χ3v) is 5.18. The van der Waals surface area contributed by atoms with Gasteiger partial charge in [0.1, 0.15) is 5.82 Å². The molecule has 3 rings (SSSR count). The van der Waals surface area contributed by atoms with Gasteiger partial charge in [-0.2, -0.15) is 0 Å². The third-order valence-electron chi connectivity index (χ3n) is 4.21. The van der Waals surface area contributed by atoms with Gasteiger partial charge in [-0.25, -0.2) is 0 Å². The van der Waals surface area contributed by atoms with E-state index in [0.29, 0.717) is 11.7 Å². The highest BCUT2D eigenvalue weighted by atomic mass is 32.2. The molecule has 28 heavy (non-hydrogen) atoms. The lowest BCUT2D eigenvalue weighted by Crippen LogP contribution is -2.15. The molecule has 0 spiro atoms. The van der Waals surface area contributed by atoms with E-state index in [1.54, 1.807) is 0 Å². The highest BCUT2D eigenvalue weighted by Gasteiger charge is 2.15. The number of carbonyl (C=O) groups is 1. The van der Waals surface area contributed by atoms with E-state index < -0.39 is 0 Å². The van der Waals surface area contributed by atoms with Crippen LogP contribution in [0, 0.1) is 12.8 Å². The molecule has 1 heterocycles. The van der Waals surface area contributed by atoms with Gasteiger partial charge in [0, 0.05) is 18.7 Å². The zero-order valence-corrected chi connectivity index (χ0v) is 17.4. The molecule has 5 nitrogen and oxygen atoms in total. The average molecular weight is 395 g/mol. The van der Waals surface area contributed by atoms with E-state index in [1.807, 2.05) is 49.4 Å². The van der Waals surface area contributed by atoms with Crippen LogP contribution in [0.4, 0.5) is 5.69 Å². The maximum Gasteiger partial charge on any atom is 0.234 e. The van der Waals surface area contributed by atoms with Crippen LogP contribution in [0.3, 0.4) is 0 Å². The average Bonchev–Trinajstić information content (AvgIpc) is 3.03. The van der Waals surface area contributed by atoms with Gasteiger partial charge in [0.15, 0.2) is 5.16 Å². The first-order chi connectivity index (χ1) is 13.5. The molecule has 1 amide bonds. The number of hydrogen-bond donors (Lipinski definition) is 1. The fourth-order valence-electron chi connectivity index (χ4n) is 2.85. The first-order valence-electron chi connectivity index (χ1n) is 9.46. The predicted octanol–water partition coefficient (Wildman–Crippen LogP) is 4.56. The van der Waals surface area contributed by atoms with Crippen LogP contribution in [0.5, 0.6) is 0 Å². The van der Waals surface area contributed by atoms with Crippen LogP contribution in [-0.2, 0) is 17.8 Å². The summed E-state index contributed by atoms with van der Waals surface area (Å²) in [6.07, 6.45) is 0.733. The predicted molar refractivity (Wildman–Crippen MR) is 115 cm³/mol. The molecule has 0 fully saturated rings. The molecule has 2 aromatic carbocycles. The van der Waals surface area contributed by atoms with E-state index >= 15 is 0 Å². The van der Waals surface area contributed by atoms with Crippen LogP contribution in [0.1, 0.15) is 30.8 Å². The maximum atomic E-state index is 12.3. The van der Waals surface area contributed by atoms with Gasteiger partial charge in [0.2, 0.25) is 5.91 Å². The zero-order chi connectivity index (χ0) is 19.9. The second-order valence-corrected chi connectivity index (χ2v) is 8.21. The number of anilines is 1. The summed E-state index contributed by atoms with van der Waals surface area (Å²) in [6.45, 7) is 7.20. The third kappa shape index (κ3) is 5.70. The number of aromatic nitrogens is 3. The van der Waals surface area contributed by atoms with Crippen LogP contribution in [0.25, 0.3) is 0 Å². The molecule has 1 N–H and O–H groups in total. The van der Waals surface area contributed by atoms with Crippen molar-refractivity contribution in [1.82, 2.24) is 14.8 Å². The fraction of sp³-hybridized carbons (Fsp3) is 0.318. The van der Waals surface area contributed by atoms with E-state index in [1.165, 1.54) is 22.9 Å². The van der Waals surface area contributed by atoms with Crippen molar-refractivity contribution >= 4 is 23.4 Å². The maximum absolute atomic E-state index is 12.3. The first kappa shape index (κ1) is 20.1. The van der Waals surface area contributed by atoms with Gasteiger partial charge in [-0.15, -0.1) is 10.2 Å². The normalized spacial score (nSPS) is 11.0. The Bertz CT molecular complexity index is 904. The highest BCUT2D eigenvalue weighted by molar-refractivity contribution is 7.99. The summed E-state index contributed by atoms with van der Waals surface area (Å²) in [5.74, 6) is 1.65. The molecule has 0 aliphatic rings. The van der Waals surface area contributed by atoms with Crippen LogP contribution in [0.2, 0.25) is 0 Å². The molecule has 6 heteroatoms.